The summed E-state index contributed by atoms with van der Waals surface area (Å²) in [6.07, 6.45) is 25.8. The second kappa shape index (κ2) is 13.1. The van der Waals surface area contributed by atoms with Gasteiger partial charge in [-0.15, -0.1) is 0 Å². The molecule has 0 radical (unpaired) electrons. The van der Waals surface area contributed by atoms with Crippen LogP contribution in [-0.4, -0.2) is 12.1 Å². The van der Waals surface area contributed by atoms with Crippen molar-refractivity contribution >= 4 is 5.97 Å². The second-order valence-electron chi connectivity index (χ2n) is 11.1. The summed E-state index contributed by atoms with van der Waals surface area (Å²) < 4.78 is 5.67. The molecule has 0 unspecified atom stereocenters. The lowest BCUT2D eigenvalue weighted by molar-refractivity contribution is -0.151. The standard InChI is InChI=1S/C28H50O2/c1-3-5-6-7-9-22-10-12-23(13-11-22)24-14-16-25(17-15-24)26-18-20-27(21-19-26)30-28(29)8-4-2/h22-27H,3-21H2,1-2H3/t22-,23-,24-,25-,26-,27-. The molecule has 174 valence electrons. The number of ether oxygens (including phenoxy) is 1. The molecule has 3 rings (SSSR count). The van der Waals surface area contributed by atoms with E-state index < -0.39 is 0 Å². The minimum Gasteiger partial charge on any atom is -0.462 e. The van der Waals surface area contributed by atoms with Crippen LogP contribution in [0, 0.1) is 29.6 Å². The van der Waals surface area contributed by atoms with Gasteiger partial charge in [-0.05, 0) is 100 Å². The molecule has 0 heterocycles. The number of hydrogen-bond donors (Lipinski definition) is 0. The lowest BCUT2D eigenvalue weighted by Crippen LogP contribution is -2.31. The van der Waals surface area contributed by atoms with Gasteiger partial charge in [-0.1, -0.05) is 58.8 Å². The average Bonchev–Trinajstić information content (AvgIpc) is 2.78. The molecule has 0 N–H and O–H groups in total. The van der Waals surface area contributed by atoms with Crippen molar-refractivity contribution in [2.24, 2.45) is 29.6 Å². The minimum absolute atomic E-state index is 0.0251. The maximum absolute atomic E-state index is 11.8. The molecule has 2 nitrogen and oxygen atoms in total. The van der Waals surface area contributed by atoms with Gasteiger partial charge in [0.15, 0.2) is 0 Å². The third-order valence-electron chi connectivity index (χ3n) is 8.98. The van der Waals surface area contributed by atoms with Crippen LogP contribution in [0.15, 0.2) is 0 Å². The third-order valence-corrected chi connectivity index (χ3v) is 8.98. The highest BCUT2D eigenvalue weighted by molar-refractivity contribution is 5.69. The largest absolute Gasteiger partial charge is 0.462 e. The first kappa shape index (κ1) is 24.1. The first-order valence-corrected chi connectivity index (χ1v) is 13.9. The van der Waals surface area contributed by atoms with Crippen LogP contribution in [0.25, 0.3) is 0 Å². The molecule has 0 saturated heterocycles. The topological polar surface area (TPSA) is 26.3 Å². The average molecular weight is 419 g/mol. The summed E-state index contributed by atoms with van der Waals surface area (Å²) in [6, 6.07) is 0. The van der Waals surface area contributed by atoms with Gasteiger partial charge in [0.2, 0.25) is 0 Å². The van der Waals surface area contributed by atoms with Crippen molar-refractivity contribution in [2.45, 2.75) is 142 Å². The Morgan fingerprint density at radius 2 is 1.13 bits per heavy atom. The van der Waals surface area contributed by atoms with Crippen molar-refractivity contribution in [2.75, 3.05) is 0 Å². The number of hydrogen-bond acceptors (Lipinski definition) is 2. The monoisotopic (exact) mass is 418 g/mol. The van der Waals surface area contributed by atoms with Gasteiger partial charge in [-0.3, -0.25) is 4.79 Å². The first-order valence-electron chi connectivity index (χ1n) is 13.9. The molecule has 0 aromatic rings. The van der Waals surface area contributed by atoms with Crippen LogP contribution in [0.5, 0.6) is 0 Å². The molecular weight excluding hydrogens is 368 g/mol. The van der Waals surface area contributed by atoms with E-state index in [1.165, 1.54) is 96.3 Å². The summed E-state index contributed by atoms with van der Waals surface area (Å²) in [5.74, 6) is 5.03. The SMILES string of the molecule is CCCCCC[C@H]1CC[C@H]([C@H]2CC[C@H]([C@H]3CC[C@H](OC(=O)CCC)CC3)CC2)CC1. The summed E-state index contributed by atoms with van der Waals surface area (Å²) >= 11 is 0. The van der Waals surface area contributed by atoms with Crippen molar-refractivity contribution in [3.05, 3.63) is 0 Å². The fourth-order valence-electron chi connectivity index (χ4n) is 7.02. The molecule has 0 spiro atoms. The van der Waals surface area contributed by atoms with E-state index in [4.69, 9.17) is 4.74 Å². The summed E-state index contributed by atoms with van der Waals surface area (Å²) in [5.41, 5.74) is 0. The van der Waals surface area contributed by atoms with Crippen molar-refractivity contribution in [1.82, 2.24) is 0 Å². The molecule has 30 heavy (non-hydrogen) atoms. The predicted octanol–water partition coefficient (Wildman–Crippen LogP) is 8.47. The lowest BCUT2D eigenvalue weighted by Gasteiger charge is -2.41. The molecule has 0 atom stereocenters. The van der Waals surface area contributed by atoms with Gasteiger partial charge in [0.25, 0.3) is 0 Å². The summed E-state index contributed by atoms with van der Waals surface area (Å²) in [5, 5.41) is 0. The molecular formula is C28H50O2. The molecule has 0 bridgehead atoms. The van der Waals surface area contributed by atoms with E-state index in [0.717, 1.165) is 48.9 Å². The highest BCUT2D eigenvalue weighted by atomic mass is 16.5. The van der Waals surface area contributed by atoms with Gasteiger partial charge < -0.3 is 4.74 Å². The van der Waals surface area contributed by atoms with Gasteiger partial charge in [0.1, 0.15) is 6.10 Å². The minimum atomic E-state index is 0.0251. The summed E-state index contributed by atoms with van der Waals surface area (Å²) in [4.78, 5) is 11.8. The number of carbonyl (C=O) groups excluding carboxylic acids is 1. The normalized spacial score (nSPS) is 35.1. The van der Waals surface area contributed by atoms with E-state index in [1.54, 1.807) is 0 Å². The number of rotatable bonds is 10. The zero-order chi connectivity index (χ0) is 21.2. The Morgan fingerprint density at radius 1 is 0.633 bits per heavy atom. The maximum Gasteiger partial charge on any atom is 0.306 e. The fourth-order valence-corrected chi connectivity index (χ4v) is 7.02. The van der Waals surface area contributed by atoms with E-state index in [1.807, 2.05) is 0 Å². The molecule has 3 aliphatic carbocycles. The van der Waals surface area contributed by atoms with E-state index in [2.05, 4.69) is 13.8 Å². The lowest BCUT2D eigenvalue weighted by atomic mass is 9.65. The van der Waals surface area contributed by atoms with Crippen LogP contribution in [0.4, 0.5) is 0 Å². The number of esters is 1. The van der Waals surface area contributed by atoms with E-state index >= 15 is 0 Å². The quantitative estimate of drug-likeness (QED) is 0.263. The third kappa shape index (κ3) is 7.56. The van der Waals surface area contributed by atoms with E-state index in [9.17, 15) is 4.79 Å². The highest BCUT2D eigenvalue weighted by Crippen LogP contribution is 2.46. The van der Waals surface area contributed by atoms with Gasteiger partial charge >= 0.3 is 5.97 Å². The highest BCUT2D eigenvalue weighted by Gasteiger charge is 2.35. The predicted molar refractivity (Wildman–Crippen MR) is 126 cm³/mol. The van der Waals surface area contributed by atoms with Crippen molar-refractivity contribution in [3.8, 4) is 0 Å². The van der Waals surface area contributed by atoms with E-state index in [-0.39, 0.29) is 12.1 Å². The molecule has 3 saturated carbocycles. The molecule has 0 amide bonds. The smallest absolute Gasteiger partial charge is 0.306 e. The Bertz CT molecular complexity index is 463. The maximum atomic E-state index is 11.8. The molecule has 2 heteroatoms. The zero-order valence-electron chi connectivity index (χ0n) is 20.2. The molecule has 3 fully saturated rings. The summed E-state index contributed by atoms with van der Waals surface area (Å²) in [7, 11) is 0. The van der Waals surface area contributed by atoms with Crippen LogP contribution in [-0.2, 0) is 9.53 Å². The Labute approximate surface area is 187 Å². The van der Waals surface area contributed by atoms with Crippen LogP contribution in [0.1, 0.15) is 136 Å². The zero-order valence-corrected chi connectivity index (χ0v) is 20.2. The van der Waals surface area contributed by atoms with Crippen LogP contribution < -0.4 is 0 Å². The van der Waals surface area contributed by atoms with Crippen molar-refractivity contribution in [3.63, 3.8) is 0 Å². The number of carbonyl (C=O) groups is 1. The second-order valence-corrected chi connectivity index (χ2v) is 11.1. The van der Waals surface area contributed by atoms with E-state index in [0.29, 0.717) is 6.42 Å². The van der Waals surface area contributed by atoms with Gasteiger partial charge in [-0.2, -0.15) is 0 Å². The van der Waals surface area contributed by atoms with Crippen LogP contribution in [0.2, 0.25) is 0 Å². The van der Waals surface area contributed by atoms with Gasteiger partial charge in [0.05, 0.1) is 0 Å². The molecule has 0 aromatic carbocycles. The van der Waals surface area contributed by atoms with Crippen LogP contribution in [0.3, 0.4) is 0 Å². The summed E-state index contributed by atoms with van der Waals surface area (Å²) in [6.45, 7) is 4.37. The fraction of sp³-hybridized carbons (Fsp3) is 0.964. The Balaban J connectivity index is 1.29. The Hall–Kier alpha value is -0.530. The van der Waals surface area contributed by atoms with Gasteiger partial charge in [0, 0.05) is 6.42 Å². The van der Waals surface area contributed by atoms with Gasteiger partial charge in [-0.25, -0.2) is 0 Å². The molecule has 0 aliphatic heterocycles. The molecule has 3 aliphatic rings. The van der Waals surface area contributed by atoms with Crippen molar-refractivity contribution < 1.29 is 9.53 Å². The first-order chi connectivity index (χ1) is 14.7. The Kier molecular flexibility index (Phi) is 10.5. The Morgan fingerprint density at radius 3 is 1.63 bits per heavy atom. The number of unbranched alkanes of at least 4 members (excludes halogenated alkanes) is 3. The van der Waals surface area contributed by atoms with Crippen molar-refractivity contribution in [1.29, 1.82) is 0 Å². The molecule has 0 aromatic heterocycles. The van der Waals surface area contributed by atoms with Crippen LogP contribution >= 0.6 is 0 Å².